The third-order valence-corrected chi connectivity index (χ3v) is 13.5. The van der Waals surface area contributed by atoms with Gasteiger partial charge in [-0.15, -0.1) is 11.3 Å². The first-order chi connectivity index (χ1) is 29.3. The van der Waals surface area contributed by atoms with Crippen molar-refractivity contribution in [1.82, 2.24) is 30.2 Å². The Morgan fingerprint density at radius 2 is 1.95 bits per heavy atom. The van der Waals surface area contributed by atoms with Gasteiger partial charge in [-0.25, -0.2) is 10.4 Å². The summed E-state index contributed by atoms with van der Waals surface area (Å²) in [5.74, 6) is -2.47. The van der Waals surface area contributed by atoms with Crippen LogP contribution in [0.3, 0.4) is 0 Å². The van der Waals surface area contributed by atoms with Crippen LogP contribution in [-0.4, -0.2) is 108 Å². The van der Waals surface area contributed by atoms with Crippen molar-refractivity contribution in [3.63, 3.8) is 0 Å². The molecule has 3 aliphatic heterocycles. The van der Waals surface area contributed by atoms with Gasteiger partial charge in [-0.1, -0.05) is 39.5 Å². The van der Waals surface area contributed by atoms with Gasteiger partial charge >= 0.3 is 5.97 Å². The maximum absolute atomic E-state index is 14.7. The Morgan fingerprint density at radius 3 is 2.61 bits per heavy atom. The van der Waals surface area contributed by atoms with Gasteiger partial charge in [-0.3, -0.25) is 29.2 Å². The van der Waals surface area contributed by atoms with Gasteiger partial charge < -0.3 is 29.0 Å². The van der Waals surface area contributed by atoms with Gasteiger partial charge in [0.2, 0.25) is 11.8 Å². The number of amides is 3. The zero-order valence-corrected chi connectivity index (χ0v) is 37.6. The number of hydrazine groups is 1. The molecule has 5 heterocycles. The monoisotopic (exact) mass is 855 g/mol. The predicted octanol–water partition coefficient (Wildman–Crippen LogP) is 6.11. The van der Waals surface area contributed by atoms with Crippen LogP contribution in [0.4, 0.5) is 0 Å². The second-order valence-electron chi connectivity index (χ2n) is 17.4. The van der Waals surface area contributed by atoms with Gasteiger partial charge in [0.1, 0.15) is 23.2 Å². The molecule has 0 unspecified atom stereocenters. The lowest BCUT2D eigenvalue weighted by atomic mass is 9.84. The van der Waals surface area contributed by atoms with Crippen molar-refractivity contribution in [2.24, 2.45) is 28.2 Å². The third-order valence-electron chi connectivity index (χ3n) is 12.6. The van der Waals surface area contributed by atoms with E-state index in [-0.39, 0.29) is 37.0 Å². The lowest BCUT2D eigenvalue weighted by Gasteiger charge is -2.37. The Bertz CT molecular complexity index is 2240. The molecule has 2 aromatic heterocycles. The highest BCUT2D eigenvalue weighted by molar-refractivity contribution is 7.10. The largest absolute Gasteiger partial charge is 0.464 e. The standard InChI is InChI=1S/C46H61N7O7S/c1-10-29(37(47-11-2)27(6)58-9)39-31-23-46(7,8)25-60-45(57)32-16-14-21-53(50-32)44(56)38(49-41(54)35-26(5)36(35)43(55)51-19-15-20-51)40(59-13-4)42-48-33(24-61-42)28-17-18-34(30(31)22-28)52(39)12-3/h10-11,17-18,22,24,26-27,32,35-36,38,40,50H,1,12-16,19-21,23,25H2,2-9H3,(H,49,54)/b37-29+,47-11?/t26-,27+,32+,35-,36-,38+,40+/m1/s1. The number of nitrogens with one attached hydrogen (secondary N) is 2. The Hall–Kier alpha value is -4.70. The minimum absolute atomic E-state index is 0.0132. The molecule has 61 heavy (non-hydrogen) atoms. The number of fused-ring (bicyclic) bond motifs is 6. The summed E-state index contributed by atoms with van der Waals surface area (Å²) < 4.78 is 20.6. The van der Waals surface area contributed by atoms with Gasteiger partial charge in [0.25, 0.3) is 5.91 Å². The fourth-order valence-electron chi connectivity index (χ4n) is 9.09. The molecule has 6 bridgehead atoms. The molecular formula is C46H61N7O7S. The summed E-state index contributed by atoms with van der Waals surface area (Å²) in [5, 5.41) is 7.93. The number of benzene rings is 1. The van der Waals surface area contributed by atoms with Crippen molar-refractivity contribution in [2.45, 2.75) is 105 Å². The summed E-state index contributed by atoms with van der Waals surface area (Å²) in [6.45, 7) is 20.9. The Morgan fingerprint density at radius 1 is 1.18 bits per heavy atom. The molecule has 0 radical (unpaired) electrons. The second kappa shape index (κ2) is 18.3. The van der Waals surface area contributed by atoms with Crippen LogP contribution >= 0.6 is 11.3 Å². The fourth-order valence-corrected chi connectivity index (χ4v) is 10.0. The molecular weight excluding hydrogens is 795 g/mol. The molecule has 1 aliphatic carbocycles. The Labute approximate surface area is 362 Å². The van der Waals surface area contributed by atoms with E-state index in [0.717, 1.165) is 45.4 Å². The summed E-state index contributed by atoms with van der Waals surface area (Å²) in [6.07, 6.45) is 4.84. The van der Waals surface area contributed by atoms with Crippen LogP contribution < -0.4 is 10.7 Å². The quantitative estimate of drug-likeness (QED) is 0.132. The SMILES string of the molecule is C=C/C(=C(\N=CC)[C@H](C)OC)c1c2c3cc(ccc3n1CC)-c1csc(n1)[C@@H](OCC)[C@H](NC(=O)[C@@H]1[C@@H](C)[C@H]1C(=O)N1CCC1)C(=O)N1CCC[C@H](N1)C(=O)OCC(C)(C)C2. The minimum Gasteiger partial charge on any atom is -0.464 e. The number of esters is 1. The number of methoxy groups -OCH3 is 1. The summed E-state index contributed by atoms with van der Waals surface area (Å²) in [4.78, 5) is 67.7. The van der Waals surface area contributed by atoms with Crippen molar-refractivity contribution < 1.29 is 33.4 Å². The maximum atomic E-state index is 14.7. The molecule has 3 aromatic rings. The van der Waals surface area contributed by atoms with Crippen LogP contribution in [0.5, 0.6) is 0 Å². The molecule has 2 N–H and O–H groups in total. The van der Waals surface area contributed by atoms with Crippen LogP contribution in [-0.2, 0) is 46.4 Å². The van der Waals surface area contributed by atoms with Crippen LogP contribution in [0.1, 0.15) is 90.1 Å². The highest BCUT2D eigenvalue weighted by Gasteiger charge is 2.58. The molecule has 15 heteroatoms. The first-order valence-corrected chi connectivity index (χ1v) is 22.6. The number of nitrogens with zero attached hydrogens (tertiary/aromatic N) is 5. The van der Waals surface area contributed by atoms with Crippen LogP contribution in [0.15, 0.2) is 46.9 Å². The molecule has 2 saturated heterocycles. The lowest BCUT2D eigenvalue weighted by Crippen LogP contribution is -2.61. The van der Waals surface area contributed by atoms with E-state index in [0.29, 0.717) is 56.1 Å². The number of carbonyl (C=O) groups is 4. The third kappa shape index (κ3) is 8.71. The number of allylic oxidation sites excluding steroid dienone is 2. The van der Waals surface area contributed by atoms with E-state index in [4.69, 9.17) is 24.2 Å². The second-order valence-corrected chi connectivity index (χ2v) is 18.2. The van der Waals surface area contributed by atoms with Crippen molar-refractivity contribution in [1.29, 1.82) is 0 Å². The molecule has 3 amide bonds. The zero-order valence-electron chi connectivity index (χ0n) is 36.8. The first-order valence-electron chi connectivity index (χ1n) is 21.7. The summed E-state index contributed by atoms with van der Waals surface area (Å²) in [6, 6.07) is 4.32. The minimum atomic E-state index is -1.20. The summed E-state index contributed by atoms with van der Waals surface area (Å²) in [7, 11) is 1.67. The molecule has 7 rings (SSSR count). The molecule has 7 atom stereocenters. The van der Waals surface area contributed by atoms with Gasteiger partial charge in [0.05, 0.1) is 41.6 Å². The zero-order chi connectivity index (χ0) is 43.7. The highest BCUT2D eigenvalue weighted by atomic mass is 32.1. The number of likely N-dealkylation sites (tertiary alicyclic amines) is 1. The number of cyclic esters (lactones) is 1. The van der Waals surface area contributed by atoms with Crippen molar-refractivity contribution in [3.05, 3.63) is 58.2 Å². The number of carbonyl (C=O) groups excluding carboxylic acids is 4. The molecule has 4 aliphatic rings. The molecule has 14 nitrogen and oxygen atoms in total. The van der Waals surface area contributed by atoms with E-state index in [1.165, 1.54) is 16.3 Å². The average Bonchev–Trinajstić information content (AvgIpc) is 3.52. The fraction of sp³-hybridized carbons (Fsp3) is 0.565. The number of aryl methyl sites for hydroxylation is 1. The molecule has 1 aromatic carbocycles. The van der Waals surface area contributed by atoms with Crippen molar-refractivity contribution in [3.8, 4) is 11.3 Å². The first kappa shape index (κ1) is 44.4. The van der Waals surface area contributed by atoms with Crippen molar-refractivity contribution >= 4 is 57.7 Å². The molecule has 3 fully saturated rings. The Kier molecular flexibility index (Phi) is 13.3. The lowest BCUT2D eigenvalue weighted by molar-refractivity contribution is -0.156. The van der Waals surface area contributed by atoms with Crippen LogP contribution in [0.25, 0.3) is 27.7 Å². The van der Waals surface area contributed by atoms with E-state index in [9.17, 15) is 19.2 Å². The summed E-state index contributed by atoms with van der Waals surface area (Å²) >= 11 is 1.36. The van der Waals surface area contributed by atoms with Gasteiger partial charge in [0.15, 0.2) is 0 Å². The van der Waals surface area contributed by atoms with Gasteiger partial charge in [-0.2, -0.15) is 0 Å². The maximum Gasteiger partial charge on any atom is 0.324 e. The van der Waals surface area contributed by atoms with E-state index in [2.05, 4.69) is 54.8 Å². The number of hydrogen-bond donors (Lipinski definition) is 2. The number of aliphatic imine (C=N–C) groups is 1. The average molecular weight is 856 g/mol. The highest BCUT2D eigenvalue weighted by Crippen LogP contribution is 2.48. The number of hydrogen-bond acceptors (Lipinski definition) is 11. The number of ether oxygens (including phenoxy) is 3. The predicted molar refractivity (Wildman–Crippen MR) is 236 cm³/mol. The molecule has 0 spiro atoms. The summed E-state index contributed by atoms with van der Waals surface area (Å²) in [5.41, 5.74) is 8.84. The number of rotatable bonds is 11. The smallest absolute Gasteiger partial charge is 0.324 e. The Balaban J connectivity index is 1.36. The number of aromatic nitrogens is 2. The molecule has 1 saturated carbocycles. The number of thiazole rings is 1. The van der Waals surface area contributed by atoms with Crippen LogP contribution in [0.2, 0.25) is 0 Å². The van der Waals surface area contributed by atoms with Gasteiger partial charge in [-0.05, 0) is 77.0 Å². The van der Waals surface area contributed by atoms with Crippen LogP contribution in [0, 0.1) is 23.2 Å². The normalized spacial score (nSPS) is 26.3. The topological polar surface area (TPSA) is 157 Å². The molecule has 328 valence electrons. The van der Waals surface area contributed by atoms with E-state index >= 15 is 0 Å². The van der Waals surface area contributed by atoms with E-state index in [1.54, 1.807) is 18.2 Å². The van der Waals surface area contributed by atoms with Gasteiger partial charge in [0, 0.05) is 78.9 Å². The van der Waals surface area contributed by atoms with E-state index in [1.807, 2.05) is 45.2 Å². The van der Waals surface area contributed by atoms with Crippen molar-refractivity contribution in [2.75, 3.05) is 40.0 Å². The van der Waals surface area contributed by atoms with E-state index < -0.39 is 47.3 Å².